The number of aromatic nitrogens is 4. The molecule has 0 aliphatic rings. The van der Waals surface area contributed by atoms with E-state index in [1.165, 1.54) is 24.3 Å². The number of rotatable bonds is 11. The molecule has 0 atom stereocenters. The van der Waals surface area contributed by atoms with E-state index in [0.717, 1.165) is 15.6 Å². The first-order chi connectivity index (χ1) is 26.1. The molecule has 2 heterocycles. The lowest BCUT2D eigenvalue weighted by Gasteiger charge is -2.11. The van der Waals surface area contributed by atoms with E-state index in [1.54, 1.807) is 60.7 Å². The normalized spacial score (nSPS) is 10.6. The van der Waals surface area contributed by atoms with Crippen molar-refractivity contribution in [1.82, 2.24) is 20.0 Å². The number of non-ortho nitro benzene ring substituents is 2. The number of nitrogens with zero attached hydrogens (tertiary/aromatic N) is 5. The van der Waals surface area contributed by atoms with Crippen LogP contribution in [0.25, 0.3) is 22.9 Å². The van der Waals surface area contributed by atoms with E-state index >= 15 is 0 Å². The van der Waals surface area contributed by atoms with Gasteiger partial charge in [-0.3, -0.25) is 20.2 Å². The lowest BCUT2D eigenvalue weighted by atomic mass is 10.2. The third-order valence-electron chi connectivity index (χ3n) is 6.91. The number of nitrogens with one attached hydrogen (secondary N) is 1. The highest BCUT2D eigenvalue weighted by atomic mass is 79.9. The summed E-state index contributed by atoms with van der Waals surface area (Å²) in [6.07, 6.45) is 0.0221. The minimum atomic E-state index is -0.637. The second kappa shape index (κ2) is 19.5. The van der Waals surface area contributed by atoms with E-state index < -0.39 is 21.4 Å². The molecular weight excluding hydrogens is 827 g/mol. The van der Waals surface area contributed by atoms with Crippen LogP contribution in [0.3, 0.4) is 0 Å². The molecule has 0 saturated carbocycles. The van der Waals surface area contributed by atoms with Gasteiger partial charge in [-0.15, -0.1) is 10.2 Å². The summed E-state index contributed by atoms with van der Waals surface area (Å²) in [5.74, 6) is 0.208. The first kappa shape index (κ1) is 42.0. The van der Waals surface area contributed by atoms with Crippen LogP contribution in [0, 0.1) is 20.2 Å². The van der Waals surface area contributed by atoms with Gasteiger partial charge in [0.15, 0.2) is 0 Å². The summed E-state index contributed by atoms with van der Waals surface area (Å²) in [7, 11) is 0. The van der Waals surface area contributed by atoms with Crippen molar-refractivity contribution in [2.45, 2.75) is 51.8 Å². The van der Waals surface area contributed by atoms with Crippen molar-refractivity contribution in [3.8, 4) is 34.4 Å². The zero-order chi connectivity index (χ0) is 40.2. The van der Waals surface area contributed by atoms with Crippen LogP contribution in [0.15, 0.2) is 103 Å². The third-order valence-corrected chi connectivity index (χ3v) is 8.15. The second-order valence-corrected chi connectivity index (χ2v) is 13.2. The Hall–Kier alpha value is -5.78. The summed E-state index contributed by atoms with van der Waals surface area (Å²) in [6, 6.07) is 22.4. The number of halogens is 3. The largest absolute Gasteiger partial charge is 0.489 e. The van der Waals surface area contributed by atoms with Gasteiger partial charge in [0.25, 0.3) is 11.4 Å². The molecule has 0 amide bonds. The number of ether oxygens (including phenoxy) is 2. The summed E-state index contributed by atoms with van der Waals surface area (Å²) < 4.78 is 22.2. The molecule has 6 aromatic rings. The Bertz CT molecular complexity index is 2340. The predicted molar refractivity (Wildman–Crippen MR) is 208 cm³/mol. The van der Waals surface area contributed by atoms with Crippen LogP contribution in [-0.2, 0) is 11.9 Å². The van der Waals surface area contributed by atoms with E-state index in [1.807, 2.05) is 27.7 Å². The molecule has 0 unspecified atom stereocenters. The second-order valence-electron chi connectivity index (χ2n) is 11.9. The maximum Gasteiger partial charge on any atom is 0.437 e. The zero-order valence-corrected chi connectivity index (χ0v) is 32.7. The van der Waals surface area contributed by atoms with Crippen molar-refractivity contribution in [3.05, 3.63) is 147 Å². The fourth-order valence-electron chi connectivity index (χ4n) is 4.45. The molecule has 16 nitrogen and oxygen atoms in total. The van der Waals surface area contributed by atoms with Crippen LogP contribution < -0.4 is 21.0 Å². The van der Waals surface area contributed by atoms with Crippen molar-refractivity contribution < 1.29 is 28.2 Å². The monoisotopic (exact) mass is 858 g/mol. The van der Waals surface area contributed by atoms with Crippen LogP contribution in [0.4, 0.5) is 11.4 Å². The smallest absolute Gasteiger partial charge is 0.437 e. The first-order valence-electron chi connectivity index (χ1n) is 16.2. The van der Waals surface area contributed by atoms with Crippen molar-refractivity contribution in [3.63, 3.8) is 0 Å². The maximum absolute atomic E-state index is 12.1. The summed E-state index contributed by atoms with van der Waals surface area (Å²) in [5.41, 5.74) is 2.98. The molecule has 288 valence electrons. The summed E-state index contributed by atoms with van der Waals surface area (Å²) in [5, 5.41) is 32.5. The van der Waals surface area contributed by atoms with Gasteiger partial charge in [-0.1, -0.05) is 63.4 Å². The van der Waals surface area contributed by atoms with E-state index in [-0.39, 0.29) is 41.9 Å². The molecule has 0 saturated heterocycles. The first-order valence-corrected chi connectivity index (χ1v) is 18.1. The van der Waals surface area contributed by atoms with Gasteiger partial charge in [-0.25, -0.2) is 14.7 Å². The molecule has 4 aromatic carbocycles. The molecule has 55 heavy (non-hydrogen) atoms. The number of hydrogen-bond donors (Lipinski definition) is 1. The lowest BCUT2D eigenvalue weighted by Crippen LogP contribution is -2.16. The molecule has 0 spiro atoms. The fraction of sp³-hybridized carbons (Fsp3) is 0.222. The molecule has 0 bridgehead atoms. The molecule has 1 N–H and O–H groups in total. The Labute approximate surface area is 331 Å². The quantitative estimate of drug-likeness (QED) is 0.0735. The number of H-pyrrole nitrogens is 1. The highest BCUT2D eigenvalue weighted by molar-refractivity contribution is 9.08. The van der Waals surface area contributed by atoms with E-state index in [2.05, 4.69) is 31.2 Å². The van der Waals surface area contributed by atoms with Gasteiger partial charge in [0.1, 0.15) is 11.5 Å². The minimum Gasteiger partial charge on any atom is -0.489 e. The van der Waals surface area contributed by atoms with Gasteiger partial charge in [0.2, 0.25) is 11.8 Å². The lowest BCUT2D eigenvalue weighted by molar-refractivity contribution is -0.385. The average molecular weight is 861 g/mol. The van der Waals surface area contributed by atoms with Crippen molar-refractivity contribution in [1.29, 1.82) is 0 Å². The molecule has 6 rings (SSSR count). The molecule has 0 fully saturated rings. The molecule has 2 aromatic heterocycles. The van der Waals surface area contributed by atoms with E-state index in [9.17, 15) is 29.8 Å². The van der Waals surface area contributed by atoms with Gasteiger partial charge in [0, 0.05) is 40.7 Å². The van der Waals surface area contributed by atoms with Crippen molar-refractivity contribution >= 4 is 50.5 Å². The van der Waals surface area contributed by atoms with Gasteiger partial charge in [-0.2, -0.15) is 4.68 Å². The zero-order valence-electron chi connectivity index (χ0n) is 29.6. The maximum atomic E-state index is 12.1. The Kier molecular flexibility index (Phi) is 14.9. The molecular formula is C36H33BrCl2N6O10. The Morgan fingerprint density at radius 1 is 0.745 bits per heavy atom. The Morgan fingerprint density at radius 3 is 1.62 bits per heavy atom. The standard InChI is InChI=1S/C18H16ClN3O5.C11H11ClN2O3.C7H6BrNO2/c1-11(2)26-16-8-5-13(9-15(16)19)17-20-21(18(23)27-17)10-12-3-6-14(7-4-12)22(24)25;1-6(2)16-9-4-3-7(5-8(9)12)10-13-14-11(15)17-10;8-5-6-1-3-7(4-2-6)9(10)11/h3-9,11H,10H2,1-2H3;3-6H,1-2H3,(H,14,15);1-4H,5H2. The highest BCUT2D eigenvalue weighted by Gasteiger charge is 2.15. The van der Waals surface area contributed by atoms with Crippen LogP contribution >= 0.6 is 39.1 Å². The van der Waals surface area contributed by atoms with Crippen molar-refractivity contribution in [2.75, 3.05) is 0 Å². The van der Waals surface area contributed by atoms with Gasteiger partial charge in [-0.05, 0) is 75.2 Å². The Balaban J connectivity index is 0.000000204. The number of hydrogen-bond acceptors (Lipinski definition) is 12. The van der Waals surface area contributed by atoms with Crippen molar-refractivity contribution in [2.24, 2.45) is 0 Å². The molecule has 0 aliphatic heterocycles. The minimum absolute atomic E-state index is 0.0211. The number of alkyl halides is 1. The molecule has 0 aliphatic carbocycles. The summed E-state index contributed by atoms with van der Waals surface area (Å²) in [6.45, 7) is 7.74. The number of aromatic amines is 1. The number of nitro benzene ring substituents is 2. The predicted octanol–water partition coefficient (Wildman–Crippen LogP) is 8.86. The van der Waals surface area contributed by atoms with Crippen LogP contribution in [0.5, 0.6) is 11.5 Å². The van der Waals surface area contributed by atoms with E-state index in [0.29, 0.717) is 38.2 Å². The van der Waals surface area contributed by atoms with Gasteiger partial charge < -0.3 is 18.3 Å². The Morgan fingerprint density at radius 2 is 1.22 bits per heavy atom. The number of benzene rings is 4. The van der Waals surface area contributed by atoms with Gasteiger partial charge >= 0.3 is 11.5 Å². The highest BCUT2D eigenvalue weighted by Crippen LogP contribution is 2.31. The summed E-state index contributed by atoms with van der Waals surface area (Å²) >= 11 is 15.5. The fourth-order valence-corrected chi connectivity index (χ4v) is 5.27. The topological polar surface area (TPSA) is 212 Å². The molecule has 19 heteroatoms. The average Bonchev–Trinajstić information content (AvgIpc) is 3.75. The number of nitro groups is 2. The SMILES string of the molecule is CC(C)Oc1ccc(-c2n[nH]c(=O)o2)cc1Cl.CC(C)Oc1ccc(-c2nn(Cc3ccc([N+](=O)[O-])cc3)c(=O)o2)cc1Cl.O=[N+]([O-])c1ccc(CBr)cc1. The van der Waals surface area contributed by atoms with Crippen LogP contribution in [-0.4, -0.2) is 42.0 Å². The third kappa shape index (κ3) is 12.4. The van der Waals surface area contributed by atoms with E-state index in [4.69, 9.17) is 41.5 Å². The summed E-state index contributed by atoms with van der Waals surface area (Å²) in [4.78, 5) is 42.9. The molecule has 0 radical (unpaired) electrons. The van der Waals surface area contributed by atoms with Crippen LogP contribution in [0.2, 0.25) is 10.0 Å². The van der Waals surface area contributed by atoms with Crippen LogP contribution in [0.1, 0.15) is 38.8 Å². The van der Waals surface area contributed by atoms with Gasteiger partial charge in [0.05, 0.1) is 38.6 Å².